The van der Waals surface area contributed by atoms with Crippen molar-refractivity contribution in [3.63, 3.8) is 0 Å². The van der Waals surface area contributed by atoms with Crippen molar-refractivity contribution in [2.45, 2.75) is 31.7 Å². The number of fused-ring (bicyclic) bond motifs is 1. The molecule has 152 valence electrons. The average Bonchev–Trinajstić information content (AvgIpc) is 2.74. The van der Waals surface area contributed by atoms with E-state index in [4.69, 9.17) is 0 Å². The Labute approximate surface area is 172 Å². The summed E-state index contributed by atoms with van der Waals surface area (Å²) in [7, 11) is 2.98. The van der Waals surface area contributed by atoms with Gasteiger partial charge in [-0.25, -0.2) is 14.8 Å². The second-order valence-corrected chi connectivity index (χ2v) is 7.55. The summed E-state index contributed by atoms with van der Waals surface area (Å²) in [5.41, 5.74) is 1.27. The monoisotopic (exact) mass is 413 g/mol. The van der Waals surface area contributed by atoms with Crippen LogP contribution in [0.3, 0.4) is 0 Å². The number of carbonyl (C=O) groups is 1. The Balaban J connectivity index is 1.90. The SMILES string of the molecule is CCc1ccc(NC(=O)CSc2nc(CC)nc3c2c(=O)n(C)c(=O)n3C)cc1. The number of nitrogens with zero attached hydrogens (tertiary/aromatic N) is 4. The first-order valence-electron chi connectivity index (χ1n) is 9.33. The number of rotatable bonds is 6. The third-order valence-electron chi connectivity index (χ3n) is 4.62. The van der Waals surface area contributed by atoms with Crippen molar-refractivity contribution in [2.24, 2.45) is 14.1 Å². The molecule has 9 heteroatoms. The predicted octanol–water partition coefficient (Wildman–Crippen LogP) is 1.88. The van der Waals surface area contributed by atoms with E-state index in [2.05, 4.69) is 22.2 Å². The number of aromatic nitrogens is 4. The first-order valence-corrected chi connectivity index (χ1v) is 10.3. The lowest BCUT2D eigenvalue weighted by Crippen LogP contribution is -2.37. The van der Waals surface area contributed by atoms with Crippen LogP contribution in [0.25, 0.3) is 11.0 Å². The minimum atomic E-state index is -0.469. The number of aryl methyl sites for hydroxylation is 3. The van der Waals surface area contributed by atoms with Crippen LogP contribution in [0.15, 0.2) is 38.9 Å². The molecule has 1 N–H and O–H groups in total. The first kappa shape index (κ1) is 20.8. The lowest BCUT2D eigenvalue weighted by molar-refractivity contribution is -0.113. The number of carbonyl (C=O) groups excluding carboxylic acids is 1. The summed E-state index contributed by atoms with van der Waals surface area (Å²) in [4.78, 5) is 46.1. The first-order chi connectivity index (χ1) is 13.8. The molecule has 0 saturated heterocycles. The zero-order valence-corrected chi connectivity index (χ0v) is 17.7. The highest BCUT2D eigenvalue weighted by molar-refractivity contribution is 8.00. The van der Waals surface area contributed by atoms with Gasteiger partial charge in [-0.1, -0.05) is 37.7 Å². The minimum Gasteiger partial charge on any atom is -0.325 e. The molecule has 29 heavy (non-hydrogen) atoms. The molecule has 3 aromatic rings. The van der Waals surface area contributed by atoms with Gasteiger partial charge < -0.3 is 5.32 Å². The molecule has 0 atom stereocenters. The fourth-order valence-electron chi connectivity index (χ4n) is 2.89. The van der Waals surface area contributed by atoms with E-state index in [1.165, 1.54) is 17.2 Å². The number of amides is 1. The molecular formula is C20H23N5O3S. The number of hydrogen-bond acceptors (Lipinski definition) is 6. The zero-order valence-electron chi connectivity index (χ0n) is 16.9. The van der Waals surface area contributed by atoms with Gasteiger partial charge in [0, 0.05) is 26.2 Å². The lowest BCUT2D eigenvalue weighted by atomic mass is 10.1. The second kappa shape index (κ2) is 8.60. The van der Waals surface area contributed by atoms with Crippen molar-refractivity contribution >= 4 is 34.4 Å². The summed E-state index contributed by atoms with van der Waals surface area (Å²) in [6.07, 6.45) is 1.48. The average molecular weight is 414 g/mol. The van der Waals surface area contributed by atoms with E-state index in [9.17, 15) is 14.4 Å². The smallest absolute Gasteiger partial charge is 0.325 e. The van der Waals surface area contributed by atoms with Crippen molar-refractivity contribution in [2.75, 3.05) is 11.1 Å². The highest BCUT2D eigenvalue weighted by Crippen LogP contribution is 2.22. The number of benzene rings is 1. The molecule has 2 aromatic heterocycles. The summed E-state index contributed by atoms with van der Waals surface area (Å²) in [5.74, 6) is 0.390. The van der Waals surface area contributed by atoms with Gasteiger partial charge in [0.25, 0.3) is 5.56 Å². The van der Waals surface area contributed by atoms with Crippen LogP contribution in [0.5, 0.6) is 0 Å². The van der Waals surface area contributed by atoms with E-state index in [0.717, 1.165) is 22.7 Å². The van der Waals surface area contributed by atoms with Crippen molar-refractivity contribution in [1.82, 2.24) is 19.1 Å². The Bertz CT molecular complexity index is 1180. The predicted molar refractivity (Wildman–Crippen MR) is 115 cm³/mol. The zero-order chi connectivity index (χ0) is 21.1. The molecule has 8 nitrogen and oxygen atoms in total. The maximum absolute atomic E-state index is 12.7. The molecule has 2 heterocycles. The van der Waals surface area contributed by atoms with Gasteiger partial charge in [-0.2, -0.15) is 0 Å². The topological polar surface area (TPSA) is 98.9 Å². The van der Waals surface area contributed by atoms with Crippen LogP contribution in [0.2, 0.25) is 0 Å². The van der Waals surface area contributed by atoms with Crippen molar-refractivity contribution < 1.29 is 4.79 Å². The normalized spacial score (nSPS) is 11.0. The molecule has 0 spiro atoms. The van der Waals surface area contributed by atoms with Crippen LogP contribution in [0.4, 0.5) is 5.69 Å². The Morgan fingerprint density at radius 1 is 1.03 bits per heavy atom. The van der Waals surface area contributed by atoms with E-state index >= 15 is 0 Å². The quantitative estimate of drug-likeness (QED) is 0.489. The molecule has 0 aliphatic heterocycles. The summed E-state index contributed by atoms with van der Waals surface area (Å²) >= 11 is 1.16. The van der Waals surface area contributed by atoms with Crippen molar-refractivity contribution in [3.05, 3.63) is 56.5 Å². The van der Waals surface area contributed by atoms with Gasteiger partial charge in [-0.3, -0.25) is 18.7 Å². The van der Waals surface area contributed by atoms with Crippen LogP contribution in [-0.2, 0) is 31.7 Å². The minimum absolute atomic E-state index is 0.0802. The summed E-state index contributed by atoms with van der Waals surface area (Å²) in [5, 5.41) is 3.49. The van der Waals surface area contributed by atoms with E-state index in [-0.39, 0.29) is 22.7 Å². The number of thioether (sulfide) groups is 1. The molecule has 3 rings (SSSR count). The highest BCUT2D eigenvalue weighted by atomic mass is 32.2. The van der Waals surface area contributed by atoms with E-state index in [0.29, 0.717) is 23.0 Å². The van der Waals surface area contributed by atoms with Crippen LogP contribution >= 0.6 is 11.8 Å². The van der Waals surface area contributed by atoms with E-state index in [1.54, 1.807) is 7.05 Å². The Morgan fingerprint density at radius 3 is 2.34 bits per heavy atom. The molecule has 1 aromatic carbocycles. The van der Waals surface area contributed by atoms with Gasteiger partial charge in [0.1, 0.15) is 16.2 Å². The summed E-state index contributed by atoms with van der Waals surface area (Å²) in [6.45, 7) is 3.96. The fourth-order valence-corrected chi connectivity index (χ4v) is 3.72. The molecule has 0 aliphatic rings. The summed E-state index contributed by atoms with van der Waals surface area (Å²) < 4.78 is 2.35. The molecule has 0 radical (unpaired) electrons. The molecule has 0 bridgehead atoms. The third-order valence-corrected chi connectivity index (χ3v) is 5.59. The van der Waals surface area contributed by atoms with Gasteiger partial charge in [-0.15, -0.1) is 0 Å². The summed E-state index contributed by atoms with van der Waals surface area (Å²) in [6, 6.07) is 7.67. The lowest BCUT2D eigenvalue weighted by Gasteiger charge is -2.11. The van der Waals surface area contributed by atoms with Gasteiger partial charge in [0.2, 0.25) is 5.91 Å². The number of hydrogen-bond donors (Lipinski definition) is 1. The molecular weight excluding hydrogens is 390 g/mol. The Morgan fingerprint density at radius 2 is 1.72 bits per heavy atom. The highest BCUT2D eigenvalue weighted by Gasteiger charge is 2.18. The van der Waals surface area contributed by atoms with Crippen LogP contribution in [0, 0.1) is 0 Å². The Kier molecular flexibility index (Phi) is 6.17. The van der Waals surface area contributed by atoms with Crippen LogP contribution in [0.1, 0.15) is 25.2 Å². The molecule has 0 aliphatic carbocycles. The largest absolute Gasteiger partial charge is 0.332 e. The van der Waals surface area contributed by atoms with E-state index in [1.807, 2.05) is 31.2 Å². The number of anilines is 1. The second-order valence-electron chi connectivity index (χ2n) is 6.59. The van der Waals surface area contributed by atoms with Crippen LogP contribution < -0.4 is 16.6 Å². The van der Waals surface area contributed by atoms with Gasteiger partial charge in [0.05, 0.1) is 5.75 Å². The molecule has 0 unspecified atom stereocenters. The van der Waals surface area contributed by atoms with Crippen molar-refractivity contribution in [3.8, 4) is 0 Å². The molecule has 0 saturated carbocycles. The van der Waals surface area contributed by atoms with Gasteiger partial charge in [-0.05, 0) is 24.1 Å². The van der Waals surface area contributed by atoms with Crippen LogP contribution in [-0.4, -0.2) is 30.8 Å². The third kappa shape index (κ3) is 4.24. The van der Waals surface area contributed by atoms with E-state index < -0.39 is 11.2 Å². The fraction of sp³-hybridized carbons (Fsp3) is 0.350. The molecule has 1 amide bonds. The Hall–Kier alpha value is -2.94. The standard InChI is InChI=1S/C20H23N5O3S/c1-5-12-7-9-13(10-8-12)21-15(26)11-29-18-16-17(22-14(6-2)23-18)24(3)20(28)25(4)19(16)27/h7-10H,5-6,11H2,1-4H3,(H,21,26). The maximum Gasteiger partial charge on any atom is 0.332 e. The maximum atomic E-state index is 12.7. The molecule has 0 fully saturated rings. The van der Waals surface area contributed by atoms with Gasteiger partial charge in [0.15, 0.2) is 5.65 Å². The number of nitrogens with one attached hydrogen (secondary N) is 1. The van der Waals surface area contributed by atoms with Crippen molar-refractivity contribution in [1.29, 1.82) is 0 Å². The van der Waals surface area contributed by atoms with Gasteiger partial charge >= 0.3 is 5.69 Å².